The zero-order valence-electron chi connectivity index (χ0n) is 18.9. The van der Waals surface area contributed by atoms with Gasteiger partial charge in [-0.05, 0) is 42.3 Å². The minimum Gasteiger partial charge on any atom is -0.472 e. The number of aromatic amines is 2. The van der Waals surface area contributed by atoms with Gasteiger partial charge in [-0.15, -0.1) is 0 Å². The van der Waals surface area contributed by atoms with Crippen molar-refractivity contribution >= 4 is 33.5 Å². The third-order valence-corrected chi connectivity index (χ3v) is 5.82. The Morgan fingerprint density at radius 3 is 2.83 bits per heavy atom. The van der Waals surface area contributed by atoms with Crippen LogP contribution in [0.5, 0.6) is 0 Å². The van der Waals surface area contributed by atoms with Gasteiger partial charge in [0.1, 0.15) is 16.9 Å². The first-order valence-corrected chi connectivity index (χ1v) is 11.3. The summed E-state index contributed by atoms with van der Waals surface area (Å²) in [6.45, 7) is 1.97. The van der Waals surface area contributed by atoms with E-state index in [1.165, 1.54) is 0 Å². The average molecular weight is 464 g/mol. The van der Waals surface area contributed by atoms with Crippen LogP contribution in [-0.2, 0) is 4.79 Å². The van der Waals surface area contributed by atoms with Gasteiger partial charge >= 0.3 is 0 Å². The van der Waals surface area contributed by atoms with E-state index in [1.807, 2.05) is 43.3 Å². The monoisotopic (exact) mass is 463 g/mol. The lowest BCUT2D eigenvalue weighted by Crippen LogP contribution is -2.10. The van der Waals surface area contributed by atoms with Gasteiger partial charge in [-0.1, -0.05) is 13.0 Å². The van der Waals surface area contributed by atoms with Crippen LogP contribution < -0.4 is 5.32 Å². The van der Waals surface area contributed by atoms with Gasteiger partial charge in [-0.25, -0.2) is 4.98 Å². The van der Waals surface area contributed by atoms with Crippen LogP contribution in [0, 0.1) is 0 Å². The highest BCUT2D eigenvalue weighted by Gasteiger charge is 2.17. The quantitative estimate of drug-likeness (QED) is 0.297. The normalized spacial score (nSPS) is 11.3. The fourth-order valence-corrected chi connectivity index (χ4v) is 4.15. The molecule has 0 radical (unpaired) electrons. The van der Waals surface area contributed by atoms with Gasteiger partial charge in [0, 0.05) is 35.3 Å². The number of fused-ring (bicyclic) bond motifs is 2. The Kier molecular flexibility index (Phi) is 5.07. The largest absolute Gasteiger partial charge is 0.472 e. The Morgan fingerprint density at radius 1 is 1.03 bits per heavy atom. The summed E-state index contributed by atoms with van der Waals surface area (Å²) in [5.74, 6) is 0.619. The summed E-state index contributed by atoms with van der Waals surface area (Å²) in [6, 6.07) is 11.7. The fourth-order valence-electron chi connectivity index (χ4n) is 4.15. The predicted octanol–water partition coefficient (Wildman–Crippen LogP) is 5.56. The van der Waals surface area contributed by atoms with E-state index >= 15 is 0 Å². The minimum atomic E-state index is -0.0202. The SMILES string of the molecule is CCCC(=O)Nc1cncc(-c2ccc3[nH]nc(-c4nc5c(-c6ccoc6)nccc5[nH]4)c3c2)c1. The lowest BCUT2D eigenvalue weighted by atomic mass is 10.0. The number of H-pyrrole nitrogens is 2. The molecule has 6 rings (SSSR count). The van der Waals surface area contributed by atoms with Gasteiger partial charge in [-0.2, -0.15) is 5.10 Å². The van der Waals surface area contributed by atoms with Crippen LogP contribution in [0.3, 0.4) is 0 Å². The second-order valence-corrected chi connectivity index (χ2v) is 8.25. The van der Waals surface area contributed by atoms with E-state index in [9.17, 15) is 4.79 Å². The number of amides is 1. The maximum Gasteiger partial charge on any atom is 0.224 e. The number of anilines is 1. The van der Waals surface area contributed by atoms with Crippen LogP contribution in [0.15, 0.2) is 71.9 Å². The van der Waals surface area contributed by atoms with Gasteiger partial charge in [0.05, 0.1) is 35.4 Å². The number of imidazole rings is 1. The van der Waals surface area contributed by atoms with Crippen molar-refractivity contribution in [2.24, 2.45) is 0 Å². The van der Waals surface area contributed by atoms with E-state index in [0.29, 0.717) is 23.6 Å². The van der Waals surface area contributed by atoms with Crippen molar-refractivity contribution in [3.8, 4) is 33.9 Å². The number of hydrogen-bond donors (Lipinski definition) is 3. The zero-order valence-corrected chi connectivity index (χ0v) is 18.9. The molecule has 0 aliphatic heterocycles. The third kappa shape index (κ3) is 3.82. The lowest BCUT2D eigenvalue weighted by molar-refractivity contribution is -0.116. The number of carbonyl (C=O) groups excluding carboxylic acids is 1. The van der Waals surface area contributed by atoms with Crippen LogP contribution in [-0.4, -0.2) is 36.0 Å². The summed E-state index contributed by atoms with van der Waals surface area (Å²) in [4.78, 5) is 29.0. The van der Waals surface area contributed by atoms with Crippen molar-refractivity contribution in [2.45, 2.75) is 19.8 Å². The van der Waals surface area contributed by atoms with Gasteiger partial charge in [-0.3, -0.25) is 19.9 Å². The predicted molar refractivity (Wildman–Crippen MR) is 133 cm³/mol. The number of benzene rings is 1. The van der Waals surface area contributed by atoms with E-state index in [2.05, 4.69) is 30.5 Å². The molecule has 172 valence electrons. The molecule has 0 atom stereocenters. The van der Waals surface area contributed by atoms with Crippen molar-refractivity contribution in [1.82, 2.24) is 30.1 Å². The standard InChI is InChI=1S/C26H21N7O2/c1-2-3-22(34)29-18-10-17(12-27-13-18)15-4-5-20-19(11-15)24(33-32-20)26-30-21-6-8-28-23(25(21)31-26)16-7-9-35-14-16/h4-14H,2-3H2,1H3,(H,29,34)(H,30,31)(H,32,33). The highest BCUT2D eigenvalue weighted by Crippen LogP contribution is 2.32. The number of pyridine rings is 2. The van der Waals surface area contributed by atoms with Gasteiger partial charge < -0.3 is 14.7 Å². The molecule has 0 saturated carbocycles. The molecule has 3 N–H and O–H groups in total. The summed E-state index contributed by atoms with van der Waals surface area (Å²) >= 11 is 0. The molecule has 6 aromatic rings. The van der Waals surface area contributed by atoms with Crippen LogP contribution >= 0.6 is 0 Å². The first-order valence-electron chi connectivity index (χ1n) is 11.3. The van der Waals surface area contributed by atoms with Crippen molar-refractivity contribution in [3.63, 3.8) is 0 Å². The molecule has 9 nitrogen and oxygen atoms in total. The van der Waals surface area contributed by atoms with Crippen LogP contribution in [0.1, 0.15) is 19.8 Å². The third-order valence-electron chi connectivity index (χ3n) is 5.82. The second kappa shape index (κ2) is 8.53. The van der Waals surface area contributed by atoms with Gasteiger partial charge in [0.15, 0.2) is 5.82 Å². The molecule has 0 aliphatic rings. The van der Waals surface area contributed by atoms with Crippen molar-refractivity contribution in [2.75, 3.05) is 5.32 Å². The maximum absolute atomic E-state index is 12.0. The van der Waals surface area contributed by atoms with E-state index in [4.69, 9.17) is 9.40 Å². The van der Waals surface area contributed by atoms with Crippen LogP contribution in [0.4, 0.5) is 5.69 Å². The van der Waals surface area contributed by atoms with E-state index in [1.54, 1.807) is 31.1 Å². The molecule has 0 fully saturated rings. The summed E-state index contributed by atoms with van der Waals surface area (Å²) in [6.07, 6.45) is 9.71. The van der Waals surface area contributed by atoms with E-state index < -0.39 is 0 Å². The van der Waals surface area contributed by atoms with Crippen molar-refractivity contribution in [3.05, 3.63) is 67.5 Å². The minimum absolute atomic E-state index is 0.0202. The molecule has 0 unspecified atom stereocenters. The van der Waals surface area contributed by atoms with Gasteiger partial charge in [0.2, 0.25) is 5.91 Å². The van der Waals surface area contributed by atoms with Gasteiger partial charge in [0.25, 0.3) is 0 Å². The molecule has 1 amide bonds. The molecular weight excluding hydrogens is 442 g/mol. The zero-order chi connectivity index (χ0) is 23.8. The van der Waals surface area contributed by atoms with E-state index in [-0.39, 0.29) is 5.91 Å². The summed E-state index contributed by atoms with van der Waals surface area (Å²) in [7, 11) is 0. The molecule has 0 saturated heterocycles. The number of nitrogens with one attached hydrogen (secondary N) is 3. The van der Waals surface area contributed by atoms with Crippen LogP contribution in [0.2, 0.25) is 0 Å². The Hall–Kier alpha value is -4.79. The fraction of sp³-hybridized carbons (Fsp3) is 0.115. The number of nitrogens with zero attached hydrogens (tertiary/aromatic N) is 4. The highest BCUT2D eigenvalue weighted by molar-refractivity contribution is 5.98. The lowest BCUT2D eigenvalue weighted by Gasteiger charge is -2.07. The first-order chi connectivity index (χ1) is 17.2. The highest BCUT2D eigenvalue weighted by atomic mass is 16.3. The summed E-state index contributed by atoms with van der Waals surface area (Å²) in [5, 5.41) is 11.4. The first kappa shape index (κ1) is 20.8. The summed E-state index contributed by atoms with van der Waals surface area (Å²) in [5.41, 5.74) is 7.32. The topological polar surface area (TPSA) is 125 Å². The average Bonchev–Trinajstić information content (AvgIpc) is 3.63. The number of rotatable bonds is 6. The molecule has 0 bridgehead atoms. The summed E-state index contributed by atoms with van der Waals surface area (Å²) < 4.78 is 5.23. The Labute approximate surface area is 199 Å². The molecular formula is C26H21N7O2. The van der Waals surface area contributed by atoms with Crippen molar-refractivity contribution in [1.29, 1.82) is 0 Å². The molecule has 5 aromatic heterocycles. The number of furan rings is 1. The number of carbonyl (C=O) groups is 1. The van der Waals surface area contributed by atoms with Crippen LogP contribution in [0.25, 0.3) is 55.8 Å². The molecule has 1 aromatic carbocycles. The second-order valence-electron chi connectivity index (χ2n) is 8.25. The maximum atomic E-state index is 12.0. The molecule has 0 spiro atoms. The van der Waals surface area contributed by atoms with E-state index in [0.717, 1.165) is 50.7 Å². The smallest absolute Gasteiger partial charge is 0.224 e. The Balaban J connectivity index is 1.40. The molecule has 9 heteroatoms. The molecule has 5 heterocycles. The number of hydrogen-bond acceptors (Lipinski definition) is 6. The number of aromatic nitrogens is 6. The molecule has 0 aliphatic carbocycles. The molecule has 35 heavy (non-hydrogen) atoms. The van der Waals surface area contributed by atoms with Crippen molar-refractivity contribution < 1.29 is 9.21 Å². The Morgan fingerprint density at radius 2 is 1.97 bits per heavy atom. The Bertz CT molecular complexity index is 1660.